The van der Waals surface area contributed by atoms with E-state index in [2.05, 4.69) is 46.4 Å². The molecule has 0 fully saturated rings. The van der Waals surface area contributed by atoms with Crippen LogP contribution in [0.2, 0.25) is 0 Å². The maximum atomic E-state index is 11.7. The van der Waals surface area contributed by atoms with E-state index in [0.717, 1.165) is 38.8 Å². The Hall–Kier alpha value is -7.69. The van der Waals surface area contributed by atoms with Crippen LogP contribution in [0.3, 0.4) is 0 Å². The molecule has 0 radical (unpaired) electrons. The van der Waals surface area contributed by atoms with Gasteiger partial charge in [-0.25, -0.2) is 5.48 Å². The normalized spacial score (nSPS) is 12.1. The smallest absolute Gasteiger partial charge is 0.296 e. The molecule has 0 aliphatic heterocycles. The number of phenolic OH excluding ortho intramolecular Hbond substituents is 1. The number of nitrogens with zero attached hydrogens (tertiary/aromatic N) is 8. The van der Waals surface area contributed by atoms with Crippen molar-refractivity contribution in [1.29, 1.82) is 0 Å². The van der Waals surface area contributed by atoms with Crippen LogP contribution in [-0.4, -0.2) is 18.1 Å². The van der Waals surface area contributed by atoms with Crippen LogP contribution in [0.25, 0.3) is 10.8 Å². The van der Waals surface area contributed by atoms with E-state index in [1.54, 1.807) is 54.6 Å². The van der Waals surface area contributed by atoms with E-state index >= 15 is 0 Å². The van der Waals surface area contributed by atoms with Crippen molar-refractivity contribution in [2.45, 2.75) is 46.4 Å². The van der Waals surface area contributed by atoms with Gasteiger partial charge in [-0.3, -0.25) is 4.55 Å². The maximum absolute atomic E-state index is 11.7. The Bertz CT molecular complexity index is 3090. The first-order chi connectivity index (χ1) is 29.6. The van der Waals surface area contributed by atoms with Crippen molar-refractivity contribution in [3.05, 3.63) is 149 Å². The summed E-state index contributed by atoms with van der Waals surface area (Å²) in [7, 11) is -4.46. The zero-order chi connectivity index (χ0) is 44.1. The quantitative estimate of drug-likeness (QED) is 0.0403. The van der Waals surface area contributed by atoms with E-state index in [1.165, 1.54) is 18.2 Å². The summed E-state index contributed by atoms with van der Waals surface area (Å²) in [6.45, 7) is 11.4. The summed E-state index contributed by atoms with van der Waals surface area (Å²) in [4.78, 5) is 5.31. The van der Waals surface area contributed by atoms with Crippen LogP contribution < -0.4 is 16.1 Å². The van der Waals surface area contributed by atoms with Gasteiger partial charge >= 0.3 is 0 Å². The highest BCUT2D eigenvalue weighted by molar-refractivity contribution is 7.86. The lowest BCUT2D eigenvalue weighted by molar-refractivity contribution is 0.405. The Morgan fingerprint density at radius 3 is 1.37 bits per heavy atom. The van der Waals surface area contributed by atoms with Crippen LogP contribution in [0.15, 0.2) is 161 Å². The largest absolute Gasteiger partial charge is 0.505 e. The third kappa shape index (κ3) is 9.84. The molecule has 0 saturated carbocycles. The lowest BCUT2D eigenvalue weighted by Crippen LogP contribution is -2.04. The summed E-state index contributed by atoms with van der Waals surface area (Å²) < 4.78 is 33.0. The molecule has 0 bridgehead atoms. The molecule has 16 heteroatoms. The van der Waals surface area contributed by atoms with E-state index in [4.69, 9.17) is 10.6 Å². The summed E-state index contributed by atoms with van der Waals surface area (Å²) in [5.41, 5.74) is 19.1. The number of fused-ring (bicyclic) bond motifs is 1. The van der Waals surface area contributed by atoms with Crippen LogP contribution in [-0.2, 0) is 10.1 Å². The predicted octanol–water partition coefficient (Wildman–Crippen LogP) is 14.3. The molecule has 5 N–H and O–H groups in total. The van der Waals surface area contributed by atoms with Gasteiger partial charge in [-0.05, 0) is 177 Å². The van der Waals surface area contributed by atoms with Crippen molar-refractivity contribution in [3.8, 4) is 11.5 Å². The van der Waals surface area contributed by atoms with Crippen molar-refractivity contribution in [3.63, 3.8) is 0 Å². The number of nitrogens with one attached hydrogen (secondary N) is 1. The van der Waals surface area contributed by atoms with Gasteiger partial charge in [0.1, 0.15) is 16.3 Å². The fraction of sp³-hybridized carbons (Fsp3) is 0.130. The Kier molecular flexibility index (Phi) is 12.2. The molecular weight excluding hydrogens is 805 g/mol. The average Bonchev–Trinajstić information content (AvgIpc) is 3.24. The van der Waals surface area contributed by atoms with Crippen molar-refractivity contribution in [1.82, 2.24) is 0 Å². The summed E-state index contributed by atoms with van der Waals surface area (Å²) >= 11 is 0. The van der Waals surface area contributed by atoms with Gasteiger partial charge in [-0.15, -0.1) is 10.2 Å². The number of rotatable bonds is 12. The van der Waals surface area contributed by atoms with Crippen molar-refractivity contribution < 1.29 is 22.9 Å². The van der Waals surface area contributed by atoms with Gasteiger partial charge in [-0.2, -0.15) is 39.1 Å². The lowest BCUT2D eigenvalue weighted by atomic mass is 10.1. The molecule has 0 amide bonds. The highest BCUT2D eigenvalue weighted by atomic mass is 32.2. The van der Waals surface area contributed by atoms with Crippen LogP contribution in [0.1, 0.15) is 33.4 Å². The van der Waals surface area contributed by atoms with Crippen LogP contribution >= 0.6 is 0 Å². The molecular formula is C46H42N10O5S. The SMILES string of the molecule is Cc1cc(N=Nc2cc(C)c(N=Nc3ccc4cc(NOc5ccc(N)cc5)ccc4c3O)cc2C)c(C)cc1N=Nc1cc(C)c(N=Nc2ccccc2S(=O)(=O)O)cc1C. The number of hydrogen-bond donors (Lipinski definition) is 4. The second-order valence-electron chi connectivity index (χ2n) is 14.7. The maximum Gasteiger partial charge on any atom is 0.296 e. The minimum Gasteiger partial charge on any atom is -0.505 e. The molecule has 0 heterocycles. The fourth-order valence-electron chi connectivity index (χ4n) is 6.29. The minimum absolute atomic E-state index is 0.0140. The van der Waals surface area contributed by atoms with Gasteiger partial charge in [0, 0.05) is 11.1 Å². The van der Waals surface area contributed by atoms with Gasteiger partial charge in [0.05, 0.1) is 39.8 Å². The number of phenols is 1. The zero-order valence-corrected chi connectivity index (χ0v) is 35.5. The highest BCUT2D eigenvalue weighted by Crippen LogP contribution is 2.39. The van der Waals surface area contributed by atoms with E-state index in [0.29, 0.717) is 62.3 Å². The molecule has 15 nitrogen and oxygen atoms in total. The standard InChI is InChI=1S/C46H42N10O5S/c1-26-21-41(28(3)19-39(26)50-48-37-9-7-8-10-45(37)62(58,59)60)52-54-43-23-31(6)44(24-30(43)5)55-53-42-22-27(2)40(20-29(42)4)51-49-38-18-11-32-25-34(14-17-36(32)46(38)57)56-61-35-15-12-33(47)13-16-35/h7-25,56-57H,47H2,1-6H3,(H,58,59,60). The van der Waals surface area contributed by atoms with Gasteiger partial charge < -0.3 is 15.7 Å². The molecule has 0 unspecified atom stereocenters. The average molecular weight is 847 g/mol. The molecule has 0 aliphatic rings. The first-order valence-corrected chi connectivity index (χ1v) is 20.7. The Balaban J connectivity index is 1.02. The van der Waals surface area contributed by atoms with E-state index in [1.807, 2.05) is 84.0 Å². The number of nitrogen functional groups attached to an aromatic ring is 1. The fourth-order valence-corrected chi connectivity index (χ4v) is 6.92. The third-order valence-corrected chi connectivity index (χ3v) is 10.8. The molecule has 0 aromatic heterocycles. The van der Waals surface area contributed by atoms with E-state index < -0.39 is 10.1 Å². The molecule has 62 heavy (non-hydrogen) atoms. The Labute approximate surface area is 358 Å². The number of azo groups is 4. The molecule has 7 aromatic rings. The number of nitrogens with two attached hydrogens (primary N) is 1. The Morgan fingerprint density at radius 2 is 0.919 bits per heavy atom. The van der Waals surface area contributed by atoms with Gasteiger partial charge in [0.2, 0.25) is 0 Å². The van der Waals surface area contributed by atoms with Gasteiger partial charge in [-0.1, -0.05) is 18.2 Å². The molecule has 0 aliphatic carbocycles. The third-order valence-electron chi connectivity index (χ3n) is 9.89. The number of aromatic hydroxyl groups is 1. The van der Waals surface area contributed by atoms with Crippen LogP contribution in [0, 0.1) is 41.5 Å². The number of aryl methyl sites for hydroxylation is 6. The molecule has 0 atom stereocenters. The monoisotopic (exact) mass is 846 g/mol. The van der Waals surface area contributed by atoms with Gasteiger partial charge in [0.25, 0.3) is 10.1 Å². The van der Waals surface area contributed by atoms with Gasteiger partial charge in [0.15, 0.2) is 11.5 Å². The number of benzene rings is 7. The first-order valence-electron chi connectivity index (χ1n) is 19.2. The predicted molar refractivity (Wildman–Crippen MR) is 241 cm³/mol. The summed E-state index contributed by atoms with van der Waals surface area (Å²) in [5, 5.41) is 47.8. The van der Waals surface area contributed by atoms with Crippen molar-refractivity contribution in [2.75, 3.05) is 11.2 Å². The molecule has 7 aromatic carbocycles. The molecule has 312 valence electrons. The second kappa shape index (κ2) is 17.9. The van der Waals surface area contributed by atoms with Crippen LogP contribution in [0.5, 0.6) is 11.5 Å². The summed E-state index contributed by atoms with van der Waals surface area (Å²) in [5.74, 6) is 0.625. The molecule has 0 saturated heterocycles. The minimum atomic E-state index is -4.46. The van der Waals surface area contributed by atoms with Crippen LogP contribution in [0.4, 0.5) is 56.9 Å². The summed E-state index contributed by atoms with van der Waals surface area (Å²) in [6.07, 6.45) is 0. The highest BCUT2D eigenvalue weighted by Gasteiger charge is 2.15. The number of anilines is 2. The Morgan fingerprint density at radius 1 is 0.500 bits per heavy atom. The lowest BCUT2D eigenvalue weighted by Gasteiger charge is -2.10. The first kappa shape index (κ1) is 42.4. The summed E-state index contributed by atoms with van der Waals surface area (Å²) in [6, 6.07) is 33.1. The number of hydrogen-bond acceptors (Lipinski definition) is 14. The second-order valence-corrected chi connectivity index (χ2v) is 16.1. The van der Waals surface area contributed by atoms with E-state index in [9.17, 15) is 18.1 Å². The topological polar surface area (TPSA) is 221 Å². The molecule has 7 rings (SSSR count). The molecule has 0 spiro atoms. The van der Waals surface area contributed by atoms with Crippen molar-refractivity contribution >= 4 is 77.8 Å². The zero-order valence-electron chi connectivity index (χ0n) is 34.7. The van der Waals surface area contributed by atoms with Crippen molar-refractivity contribution in [2.24, 2.45) is 40.9 Å². The van der Waals surface area contributed by atoms with E-state index in [-0.39, 0.29) is 16.3 Å².